The van der Waals surface area contributed by atoms with E-state index in [0.29, 0.717) is 17.3 Å². The molecule has 0 spiro atoms. The second-order valence-corrected chi connectivity index (χ2v) is 5.20. The standard InChI is InChI=1S/C13H9ClIN3/c14-10-3-4-12(11(15)6-10)18-8-9-2-1-5-17-13(9)7-16/h1-6,18H,8H2. The zero-order valence-electron chi connectivity index (χ0n) is 9.32. The van der Waals surface area contributed by atoms with Crippen LogP contribution in [0.25, 0.3) is 0 Å². The molecule has 3 nitrogen and oxygen atoms in total. The first kappa shape index (κ1) is 13.1. The molecule has 1 N–H and O–H groups in total. The summed E-state index contributed by atoms with van der Waals surface area (Å²) in [5.41, 5.74) is 2.33. The summed E-state index contributed by atoms with van der Waals surface area (Å²) < 4.78 is 1.04. The lowest BCUT2D eigenvalue weighted by Crippen LogP contribution is -2.03. The zero-order valence-corrected chi connectivity index (χ0v) is 12.2. The number of aromatic nitrogens is 1. The van der Waals surface area contributed by atoms with Crippen molar-refractivity contribution in [2.75, 3.05) is 5.32 Å². The van der Waals surface area contributed by atoms with Gasteiger partial charge in [-0.15, -0.1) is 0 Å². The minimum Gasteiger partial charge on any atom is -0.380 e. The molecule has 0 bridgehead atoms. The normalized spacial score (nSPS) is 9.83. The van der Waals surface area contributed by atoms with Gasteiger partial charge in [0.05, 0.1) is 0 Å². The number of hydrogen-bond donors (Lipinski definition) is 1. The molecule has 0 saturated heterocycles. The van der Waals surface area contributed by atoms with Crippen molar-refractivity contribution in [2.45, 2.75) is 6.54 Å². The third kappa shape index (κ3) is 3.12. The SMILES string of the molecule is N#Cc1ncccc1CNc1ccc(Cl)cc1I. The zero-order chi connectivity index (χ0) is 13.0. The Morgan fingerprint density at radius 3 is 2.94 bits per heavy atom. The summed E-state index contributed by atoms with van der Waals surface area (Å²) in [6, 6.07) is 11.4. The van der Waals surface area contributed by atoms with Gasteiger partial charge >= 0.3 is 0 Å². The van der Waals surface area contributed by atoms with Gasteiger partial charge < -0.3 is 5.32 Å². The number of benzene rings is 1. The maximum Gasteiger partial charge on any atom is 0.145 e. The highest BCUT2D eigenvalue weighted by atomic mass is 127. The Kier molecular flexibility index (Phi) is 4.39. The van der Waals surface area contributed by atoms with Gasteiger partial charge in [0.25, 0.3) is 0 Å². The molecule has 0 radical (unpaired) electrons. The Labute approximate surface area is 124 Å². The number of rotatable bonds is 3. The van der Waals surface area contributed by atoms with Crippen molar-refractivity contribution >= 4 is 39.9 Å². The molecule has 2 aromatic rings. The minimum absolute atomic E-state index is 0.453. The van der Waals surface area contributed by atoms with Crippen LogP contribution in [0.4, 0.5) is 5.69 Å². The summed E-state index contributed by atoms with van der Waals surface area (Å²) in [4.78, 5) is 4.02. The molecule has 18 heavy (non-hydrogen) atoms. The van der Waals surface area contributed by atoms with Crippen molar-refractivity contribution in [1.82, 2.24) is 4.98 Å². The lowest BCUT2D eigenvalue weighted by atomic mass is 10.2. The van der Waals surface area contributed by atoms with Crippen LogP contribution in [0, 0.1) is 14.9 Å². The van der Waals surface area contributed by atoms with Crippen LogP contribution in [0.15, 0.2) is 36.5 Å². The van der Waals surface area contributed by atoms with Crippen molar-refractivity contribution in [3.05, 3.63) is 56.4 Å². The second-order valence-electron chi connectivity index (χ2n) is 3.60. The van der Waals surface area contributed by atoms with Gasteiger partial charge in [0, 0.05) is 32.6 Å². The highest BCUT2D eigenvalue weighted by molar-refractivity contribution is 14.1. The van der Waals surface area contributed by atoms with Gasteiger partial charge in [-0.1, -0.05) is 17.7 Å². The molecule has 1 aromatic carbocycles. The number of pyridine rings is 1. The number of anilines is 1. The van der Waals surface area contributed by atoms with Gasteiger partial charge in [-0.25, -0.2) is 4.98 Å². The smallest absolute Gasteiger partial charge is 0.145 e. The predicted octanol–water partition coefficient (Wildman–Crippen LogP) is 3.82. The number of nitrogens with one attached hydrogen (secondary N) is 1. The molecule has 5 heteroatoms. The number of nitriles is 1. The molecule has 1 heterocycles. The van der Waals surface area contributed by atoms with Crippen LogP contribution in [-0.2, 0) is 6.54 Å². The Morgan fingerprint density at radius 1 is 1.39 bits per heavy atom. The first-order valence-electron chi connectivity index (χ1n) is 5.23. The van der Waals surface area contributed by atoms with E-state index in [1.165, 1.54) is 0 Å². The molecule has 0 unspecified atom stereocenters. The van der Waals surface area contributed by atoms with E-state index in [9.17, 15) is 0 Å². The van der Waals surface area contributed by atoms with Crippen molar-refractivity contribution in [3.8, 4) is 6.07 Å². The van der Waals surface area contributed by atoms with Crippen LogP contribution >= 0.6 is 34.2 Å². The molecule has 0 aliphatic rings. The van der Waals surface area contributed by atoms with Gasteiger partial charge in [0.1, 0.15) is 11.8 Å². The third-order valence-corrected chi connectivity index (χ3v) is 3.53. The molecule has 0 aliphatic carbocycles. The Balaban J connectivity index is 2.14. The number of halogens is 2. The van der Waals surface area contributed by atoms with Crippen molar-refractivity contribution < 1.29 is 0 Å². The van der Waals surface area contributed by atoms with Gasteiger partial charge in [0.2, 0.25) is 0 Å². The van der Waals surface area contributed by atoms with Crippen LogP contribution < -0.4 is 5.32 Å². The minimum atomic E-state index is 0.453. The van der Waals surface area contributed by atoms with Crippen LogP contribution in [-0.4, -0.2) is 4.98 Å². The summed E-state index contributed by atoms with van der Waals surface area (Å²) in [7, 11) is 0. The van der Waals surface area contributed by atoms with Crippen LogP contribution in [0.1, 0.15) is 11.3 Å². The van der Waals surface area contributed by atoms with Crippen LogP contribution in [0.2, 0.25) is 5.02 Å². The lowest BCUT2D eigenvalue weighted by molar-refractivity contribution is 1.09. The highest BCUT2D eigenvalue weighted by Crippen LogP contribution is 2.22. The second kappa shape index (κ2) is 6.03. The Hall–Kier alpha value is -1.32. The van der Waals surface area contributed by atoms with Crippen LogP contribution in [0.3, 0.4) is 0 Å². The Morgan fingerprint density at radius 2 is 2.22 bits per heavy atom. The van der Waals surface area contributed by atoms with Crippen molar-refractivity contribution in [1.29, 1.82) is 5.26 Å². The maximum absolute atomic E-state index is 8.95. The van der Waals surface area contributed by atoms with E-state index in [0.717, 1.165) is 14.8 Å². The lowest BCUT2D eigenvalue weighted by Gasteiger charge is -2.09. The summed E-state index contributed by atoms with van der Waals surface area (Å²) in [5.74, 6) is 0. The van der Waals surface area contributed by atoms with Crippen LogP contribution in [0.5, 0.6) is 0 Å². The van der Waals surface area contributed by atoms with E-state index in [-0.39, 0.29) is 0 Å². The fourth-order valence-electron chi connectivity index (χ4n) is 1.51. The number of nitrogens with zero attached hydrogens (tertiary/aromatic N) is 2. The van der Waals surface area contributed by atoms with Gasteiger partial charge in [0.15, 0.2) is 0 Å². The maximum atomic E-state index is 8.95. The molecule has 2 rings (SSSR count). The topological polar surface area (TPSA) is 48.7 Å². The molecule has 0 aliphatic heterocycles. The average molecular weight is 370 g/mol. The van der Waals surface area contributed by atoms with E-state index in [4.69, 9.17) is 16.9 Å². The first-order chi connectivity index (χ1) is 8.70. The van der Waals surface area contributed by atoms with E-state index in [1.54, 1.807) is 6.20 Å². The molecule has 0 saturated carbocycles. The Bertz CT molecular complexity index is 607. The quantitative estimate of drug-likeness (QED) is 0.837. The van der Waals surface area contributed by atoms with Crippen molar-refractivity contribution in [3.63, 3.8) is 0 Å². The summed E-state index contributed by atoms with van der Waals surface area (Å²) in [6.45, 7) is 0.564. The third-order valence-electron chi connectivity index (χ3n) is 2.40. The van der Waals surface area contributed by atoms with Gasteiger partial charge in [-0.3, -0.25) is 0 Å². The molecule has 0 fully saturated rings. The molecule has 90 valence electrons. The predicted molar refractivity (Wildman–Crippen MR) is 80.4 cm³/mol. The monoisotopic (exact) mass is 369 g/mol. The molecular formula is C13H9ClIN3. The van der Waals surface area contributed by atoms with Crippen molar-refractivity contribution in [2.24, 2.45) is 0 Å². The van der Waals surface area contributed by atoms with E-state index in [2.05, 4.69) is 39.0 Å². The first-order valence-corrected chi connectivity index (χ1v) is 6.69. The van der Waals surface area contributed by atoms with Gasteiger partial charge in [-0.05, 0) is 46.9 Å². The molecule has 1 aromatic heterocycles. The molecule has 0 amide bonds. The van der Waals surface area contributed by atoms with E-state index >= 15 is 0 Å². The van der Waals surface area contributed by atoms with E-state index < -0.39 is 0 Å². The summed E-state index contributed by atoms with van der Waals surface area (Å²) in [6.07, 6.45) is 1.62. The average Bonchev–Trinajstić information content (AvgIpc) is 2.38. The van der Waals surface area contributed by atoms with E-state index in [1.807, 2.05) is 30.3 Å². The number of hydrogen-bond acceptors (Lipinski definition) is 3. The summed E-state index contributed by atoms with van der Waals surface area (Å²) >= 11 is 8.12. The van der Waals surface area contributed by atoms with Gasteiger partial charge in [-0.2, -0.15) is 5.26 Å². The largest absolute Gasteiger partial charge is 0.380 e. The summed E-state index contributed by atoms with van der Waals surface area (Å²) in [5, 5.41) is 12.9. The fraction of sp³-hybridized carbons (Fsp3) is 0.0769. The molecule has 0 atom stereocenters. The fourth-order valence-corrected chi connectivity index (χ4v) is 2.57. The highest BCUT2D eigenvalue weighted by Gasteiger charge is 2.04. The molecular weight excluding hydrogens is 361 g/mol.